The number of hydrogen-bond donors (Lipinski definition) is 0. The molecule has 1 aliphatic rings. The molecule has 1 aromatic heterocycles. The average molecular weight is 262 g/mol. The molecular formula is C7H7IN2O. The summed E-state index contributed by atoms with van der Waals surface area (Å²) >= 11 is 2.08. The van der Waals surface area contributed by atoms with E-state index in [1.165, 1.54) is 0 Å². The van der Waals surface area contributed by atoms with Crippen LogP contribution in [0.3, 0.4) is 0 Å². The number of fused-ring (bicyclic) bond motifs is 1. The predicted octanol–water partition coefficient (Wildman–Crippen LogP) is 1.41. The minimum absolute atomic E-state index is 0.753. The van der Waals surface area contributed by atoms with Gasteiger partial charge in [-0.1, -0.05) is 0 Å². The molecule has 0 amide bonds. The summed E-state index contributed by atoms with van der Waals surface area (Å²) in [6.07, 6.45) is 3.98. The molecule has 2 rings (SSSR count). The first-order valence-electron chi connectivity index (χ1n) is 3.50. The van der Waals surface area contributed by atoms with E-state index in [0.29, 0.717) is 0 Å². The van der Waals surface area contributed by atoms with E-state index in [0.717, 1.165) is 34.7 Å². The molecule has 4 heteroatoms. The lowest BCUT2D eigenvalue weighted by Gasteiger charge is -2.14. The van der Waals surface area contributed by atoms with Crippen LogP contribution in [0.4, 0.5) is 0 Å². The second kappa shape index (κ2) is 2.92. The third kappa shape index (κ3) is 1.45. The predicted molar refractivity (Wildman–Crippen MR) is 48.6 cm³/mol. The number of rotatable bonds is 0. The van der Waals surface area contributed by atoms with E-state index >= 15 is 0 Å². The maximum atomic E-state index is 5.35. The van der Waals surface area contributed by atoms with Crippen molar-refractivity contribution in [3.05, 3.63) is 15.6 Å². The van der Waals surface area contributed by atoms with Crippen molar-refractivity contribution in [1.82, 2.24) is 9.97 Å². The van der Waals surface area contributed by atoms with Gasteiger partial charge in [0.2, 0.25) is 5.88 Å². The SMILES string of the molecule is Ic1ncc2c(n1)OCCC2. The maximum Gasteiger partial charge on any atom is 0.220 e. The molecule has 1 aliphatic heterocycles. The number of aryl methyl sites for hydroxylation is 1. The highest BCUT2D eigenvalue weighted by molar-refractivity contribution is 14.1. The molecule has 0 N–H and O–H groups in total. The highest BCUT2D eigenvalue weighted by Gasteiger charge is 2.11. The zero-order valence-corrected chi connectivity index (χ0v) is 8.04. The molecule has 0 bridgehead atoms. The van der Waals surface area contributed by atoms with Gasteiger partial charge in [-0.05, 0) is 12.8 Å². The molecule has 0 aromatic carbocycles. The number of aromatic nitrogens is 2. The Morgan fingerprint density at radius 2 is 2.45 bits per heavy atom. The first-order valence-corrected chi connectivity index (χ1v) is 4.58. The highest BCUT2D eigenvalue weighted by atomic mass is 127. The third-order valence-corrected chi connectivity index (χ3v) is 2.14. The fourth-order valence-electron chi connectivity index (χ4n) is 1.10. The van der Waals surface area contributed by atoms with Gasteiger partial charge in [0.25, 0.3) is 0 Å². The summed E-state index contributed by atoms with van der Waals surface area (Å²) in [6.45, 7) is 0.792. The highest BCUT2D eigenvalue weighted by Crippen LogP contribution is 2.20. The lowest BCUT2D eigenvalue weighted by atomic mass is 10.1. The Labute approximate surface area is 78.3 Å². The standard InChI is InChI=1S/C7H7IN2O/c8-7-9-4-5-2-1-3-11-6(5)10-7/h4H,1-3H2. The number of nitrogens with zero attached hydrogens (tertiary/aromatic N) is 2. The van der Waals surface area contributed by atoms with Crippen LogP contribution in [0.1, 0.15) is 12.0 Å². The van der Waals surface area contributed by atoms with Crippen molar-refractivity contribution in [3.8, 4) is 5.88 Å². The molecular weight excluding hydrogens is 255 g/mol. The Morgan fingerprint density at radius 1 is 1.55 bits per heavy atom. The van der Waals surface area contributed by atoms with Crippen LogP contribution in [0.5, 0.6) is 5.88 Å². The minimum atomic E-state index is 0.753. The molecule has 3 nitrogen and oxygen atoms in total. The van der Waals surface area contributed by atoms with Crippen molar-refractivity contribution in [1.29, 1.82) is 0 Å². The monoisotopic (exact) mass is 262 g/mol. The first-order chi connectivity index (χ1) is 5.36. The van der Waals surface area contributed by atoms with Gasteiger partial charge in [0.05, 0.1) is 6.61 Å². The van der Waals surface area contributed by atoms with Crippen LogP contribution in [0.15, 0.2) is 6.20 Å². The molecule has 0 saturated heterocycles. The molecule has 0 spiro atoms. The van der Waals surface area contributed by atoms with Gasteiger partial charge in [0.1, 0.15) is 0 Å². The Kier molecular flexibility index (Phi) is 1.93. The molecule has 0 atom stereocenters. The molecule has 58 valence electrons. The zero-order chi connectivity index (χ0) is 7.68. The maximum absolute atomic E-state index is 5.35. The van der Waals surface area contributed by atoms with Crippen LogP contribution in [-0.4, -0.2) is 16.6 Å². The summed E-state index contributed by atoms with van der Waals surface area (Å²) < 4.78 is 6.10. The van der Waals surface area contributed by atoms with Gasteiger partial charge in [0, 0.05) is 34.4 Å². The van der Waals surface area contributed by atoms with Crippen molar-refractivity contribution in [2.75, 3.05) is 6.61 Å². The van der Waals surface area contributed by atoms with Crippen LogP contribution in [0.2, 0.25) is 0 Å². The average Bonchev–Trinajstić information content (AvgIpc) is 2.04. The van der Waals surface area contributed by atoms with Crippen LogP contribution in [0.25, 0.3) is 0 Å². The van der Waals surface area contributed by atoms with E-state index in [1.807, 2.05) is 6.20 Å². The first kappa shape index (κ1) is 7.27. The smallest absolute Gasteiger partial charge is 0.220 e. The van der Waals surface area contributed by atoms with Crippen molar-refractivity contribution in [2.45, 2.75) is 12.8 Å². The molecule has 0 saturated carbocycles. The van der Waals surface area contributed by atoms with Crippen molar-refractivity contribution >= 4 is 22.6 Å². The molecule has 2 heterocycles. The van der Waals surface area contributed by atoms with E-state index in [1.54, 1.807) is 0 Å². The van der Waals surface area contributed by atoms with Gasteiger partial charge >= 0.3 is 0 Å². The van der Waals surface area contributed by atoms with Gasteiger partial charge in [-0.15, -0.1) is 0 Å². The lowest BCUT2D eigenvalue weighted by molar-refractivity contribution is 0.274. The van der Waals surface area contributed by atoms with E-state index in [2.05, 4.69) is 32.6 Å². The van der Waals surface area contributed by atoms with E-state index in [9.17, 15) is 0 Å². The van der Waals surface area contributed by atoms with E-state index in [4.69, 9.17) is 4.74 Å². The molecule has 0 radical (unpaired) electrons. The fraction of sp³-hybridized carbons (Fsp3) is 0.429. The topological polar surface area (TPSA) is 35.0 Å². The minimum Gasteiger partial charge on any atom is -0.477 e. The summed E-state index contributed by atoms with van der Waals surface area (Å²) in [7, 11) is 0. The van der Waals surface area contributed by atoms with Gasteiger partial charge < -0.3 is 4.74 Å². The van der Waals surface area contributed by atoms with Gasteiger partial charge in [-0.3, -0.25) is 0 Å². The Morgan fingerprint density at radius 3 is 3.36 bits per heavy atom. The molecule has 0 aliphatic carbocycles. The lowest BCUT2D eigenvalue weighted by Crippen LogP contribution is -2.11. The second-order valence-corrected chi connectivity index (χ2v) is 3.39. The fourth-order valence-corrected chi connectivity index (χ4v) is 1.46. The van der Waals surface area contributed by atoms with Crippen LogP contribution < -0.4 is 4.74 Å². The van der Waals surface area contributed by atoms with Crippen molar-refractivity contribution < 1.29 is 4.74 Å². The summed E-state index contributed by atoms with van der Waals surface area (Å²) in [5.41, 5.74) is 1.14. The molecule has 0 fully saturated rings. The molecule has 1 aromatic rings. The number of ether oxygens (including phenoxy) is 1. The zero-order valence-electron chi connectivity index (χ0n) is 5.88. The number of halogens is 1. The van der Waals surface area contributed by atoms with Crippen LogP contribution >= 0.6 is 22.6 Å². The quantitative estimate of drug-likeness (QED) is 0.523. The summed E-state index contributed by atoms with van der Waals surface area (Å²) in [5, 5.41) is 0. The normalized spacial score (nSPS) is 15.4. The van der Waals surface area contributed by atoms with Gasteiger partial charge in [-0.25, -0.2) is 4.98 Å². The van der Waals surface area contributed by atoms with Crippen molar-refractivity contribution in [2.24, 2.45) is 0 Å². The van der Waals surface area contributed by atoms with Crippen LogP contribution in [-0.2, 0) is 6.42 Å². The van der Waals surface area contributed by atoms with E-state index < -0.39 is 0 Å². The Hall–Kier alpha value is -0.390. The summed E-state index contributed by atoms with van der Waals surface area (Å²) in [6, 6.07) is 0. The largest absolute Gasteiger partial charge is 0.477 e. The van der Waals surface area contributed by atoms with E-state index in [-0.39, 0.29) is 0 Å². The molecule has 0 unspecified atom stereocenters. The van der Waals surface area contributed by atoms with Crippen LogP contribution in [0, 0.1) is 3.83 Å². The second-order valence-electron chi connectivity index (χ2n) is 2.42. The van der Waals surface area contributed by atoms with Crippen molar-refractivity contribution in [3.63, 3.8) is 0 Å². The third-order valence-electron chi connectivity index (χ3n) is 1.62. The Bertz CT molecular complexity index is 277. The van der Waals surface area contributed by atoms with Gasteiger partial charge in [0.15, 0.2) is 3.83 Å². The summed E-state index contributed by atoms with van der Waals surface area (Å²) in [5.74, 6) is 0.774. The Balaban J connectivity index is 2.43. The number of hydrogen-bond acceptors (Lipinski definition) is 3. The van der Waals surface area contributed by atoms with Gasteiger partial charge in [-0.2, -0.15) is 4.98 Å². The molecule has 11 heavy (non-hydrogen) atoms. The summed E-state index contributed by atoms with van der Waals surface area (Å²) in [4.78, 5) is 8.26.